The van der Waals surface area contributed by atoms with Gasteiger partial charge in [-0.05, 0) is 51.5 Å². The topological polar surface area (TPSA) is 58.5 Å². The minimum Gasteiger partial charge on any atom is -0.332 e. The monoisotopic (exact) mass is 220 g/mol. The molecule has 1 aliphatic carbocycles. The van der Waals surface area contributed by atoms with Gasteiger partial charge < -0.3 is 5.32 Å². The Morgan fingerprint density at radius 2 is 1.94 bits per heavy atom. The predicted molar refractivity (Wildman–Crippen MR) is 63.6 cm³/mol. The molecular weight excluding hydrogens is 204 g/mol. The molecule has 4 nitrogen and oxygen atoms in total. The quantitative estimate of drug-likeness (QED) is 0.635. The number of rotatable bonds is 0. The lowest BCUT2D eigenvalue weighted by molar-refractivity contribution is -0.111. The number of urea groups is 1. The van der Waals surface area contributed by atoms with E-state index in [9.17, 15) is 9.59 Å². The second-order valence-electron chi connectivity index (χ2n) is 4.74. The lowest BCUT2D eigenvalue weighted by Gasteiger charge is -2.18. The molecule has 0 bridgehead atoms. The van der Waals surface area contributed by atoms with Gasteiger partial charge in [-0.15, -0.1) is 0 Å². The molecule has 0 aromatic carbocycles. The molecule has 0 unspecified atom stereocenters. The number of nitrogens with one attached hydrogen (secondary N) is 1. The molecule has 0 saturated carbocycles. The van der Waals surface area contributed by atoms with Gasteiger partial charge in [0.25, 0.3) is 0 Å². The highest BCUT2D eigenvalue weighted by Crippen LogP contribution is 2.06. The fourth-order valence-corrected chi connectivity index (χ4v) is 1.17. The number of nitrogens with zero attached hydrogens (tertiary/aromatic N) is 1. The van der Waals surface area contributed by atoms with E-state index in [1.165, 1.54) is 12.2 Å². The Morgan fingerprint density at radius 1 is 1.31 bits per heavy atom. The summed E-state index contributed by atoms with van der Waals surface area (Å²) in [6.45, 7) is 7.34. The Kier molecular flexibility index (Phi) is 3.42. The maximum Gasteiger partial charge on any atom is 0.341 e. The van der Waals surface area contributed by atoms with E-state index in [2.05, 4.69) is 10.3 Å². The molecule has 0 aromatic rings. The van der Waals surface area contributed by atoms with Crippen LogP contribution in [0.4, 0.5) is 4.79 Å². The Morgan fingerprint density at radius 3 is 2.44 bits per heavy atom. The first-order chi connectivity index (χ1) is 7.28. The fraction of sp³-hybridized carbons (Fsp3) is 0.417. The first-order valence-electron chi connectivity index (χ1n) is 5.09. The van der Waals surface area contributed by atoms with Crippen LogP contribution in [0.15, 0.2) is 28.8 Å². The summed E-state index contributed by atoms with van der Waals surface area (Å²) in [4.78, 5) is 26.5. The summed E-state index contributed by atoms with van der Waals surface area (Å²) in [6.07, 6.45) is 4.56. The highest BCUT2D eigenvalue weighted by molar-refractivity contribution is 6.20. The minimum absolute atomic E-state index is 0.0461. The van der Waals surface area contributed by atoms with Crippen molar-refractivity contribution in [1.29, 1.82) is 0 Å². The van der Waals surface area contributed by atoms with Crippen molar-refractivity contribution in [2.45, 2.75) is 33.2 Å². The van der Waals surface area contributed by atoms with Gasteiger partial charge in [0.15, 0.2) is 5.78 Å². The van der Waals surface area contributed by atoms with Crippen molar-refractivity contribution in [3.63, 3.8) is 0 Å². The van der Waals surface area contributed by atoms with Crippen LogP contribution in [0.2, 0.25) is 0 Å². The number of hydrogen-bond acceptors (Lipinski definition) is 2. The number of ketones is 1. The molecule has 0 fully saturated rings. The van der Waals surface area contributed by atoms with Crippen LogP contribution in [0.3, 0.4) is 0 Å². The summed E-state index contributed by atoms with van der Waals surface area (Å²) in [5, 5.41) is 2.72. The summed E-state index contributed by atoms with van der Waals surface area (Å²) in [5.74, 6) is -0.0461. The van der Waals surface area contributed by atoms with E-state index in [0.29, 0.717) is 11.3 Å². The Hall–Kier alpha value is -1.71. The van der Waals surface area contributed by atoms with E-state index in [1.807, 2.05) is 20.8 Å². The maximum absolute atomic E-state index is 11.5. The standard InChI is InChI=1S/C12H16N2O2/c1-8-7-9(5-6-10(8)15)13-11(16)14-12(2,3)4/h5-7H,1-4H3,(H,14,16). The zero-order valence-electron chi connectivity index (χ0n) is 10.00. The van der Waals surface area contributed by atoms with Crippen LogP contribution < -0.4 is 5.32 Å². The first-order valence-corrected chi connectivity index (χ1v) is 5.09. The average molecular weight is 220 g/mol. The third-order valence-electron chi connectivity index (χ3n) is 1.87. The van der Waals surface area contributed by atoms with Crippen LogP contribution in [0.25, 0.3) is 0 Å². The molecule has 16 heavy (non-hydrogen) atoms. The number of amides is 2. The van der Waals surface area contributed by atoms with Crippen molar-refractivity contribution in [2.75, 3.05) is 0 Å². The van der Waals surface area contributed by atoms with Gasteiger partial charge in [-0.3, -0.25) is 4.79 Å². The fourth-order valence-electron chi connectivity index (χ4n) is 1.17. The Balaban J connectivity index is 2.76. The number of aliphatic imine (C=N–C) groups is 1. The van der Waals surface area contributed by atoms with Gasteiger partial charge in [0, 0.05) is 5.54 Å². The summed E-state index contributed by atoms with van der Waals surface area (Å²) in [7, 11) is 0. The number of allylic oxidation sites excluding steroid dienone is 4. The number of carbonyl (C=O) groups is 2. The summed E-state index contributed by atoms with van der Waals surface area (Å²) in [5.41, 5.74) is 0.775. The van der Waals surface area contributed by atoms with Crippen LogP contribution in [0, 0.1) is 0 Å². The van der Waals surface area contributed by atoms with E-state index in [4.69, 9.17) is 0 Å². The molecule has 0 aromatic heterocycles. The predicted octanol–water partition coefficient (Wildman–Crippen LogP) is 2.02. The molecule has 1 rings (SSSR count). The van der Waals surface area contributed by atoms with Gasteiger partial charge in [-0.25, -0.2) is 4.79 Å². The Bertz CT molecular complexity index is 409. The highest BCUT2D eigenvalue weighted by Gasteiger charge is 2.14. The third-order valence-corrected chi connectivity index (χ3v) is 1.87. The zero-order valence-corrected chi connectivity index (χ0v) is 10.00. The van der Waals surface area contributed by atoms with Crippen LogP contribution in [-0.4, -0.2) is 23.1 Å². The van der Waals surface area contributed by atoms with Crippen molar-refractivity contribution in [3.05, 3.63) is 23.8 Å². The normalized spacial score (nSPS) is 18.6. The van der Waals surface area contributed by atoms with Crippen LogP contribution in [-0.2, 0) is 4.79 Å². The molecule has 0 aliphatic heterocycles. The van der Waals surface area contributed by atoms with Crippen molar-refractivity contribution in [3.8, 4) is 0 Å². The van der Waals surface area contributed by atoms with Crippen molar-refractivity contribution in [1.82, 2.24) is 5.32 Å². The summed E-state index contributed by atoms with van der Waals surface area (Å²) in [6, 6.07) is -0.398. The maximum atomic E-state index is 11.5. The highest BCUT2D eigenvalue weighted by atomic mass is 16.2. The van der Waals surface area contributed by atoms with Gasteiger partial charge in [0.1, 0.15) is 0 Å². The second-order valence-corrected chi connectivity index (χ2v) is 4.74. The second kappa shape index (κ2) is 4.43. The van der Waals surface area contributed by atoms with Gasteiger partial charge in [0.05, 0.1) is 5.71 Å². The number of hydrogen-bond donors (Lipinski definition) is 1. The van der Waals surface area contributed by atoms with E-state index in [0.717, 1.165) is 0 Å². The van der Waals surface area contributed by atoms with Crippen LogP contribution >= 0.6 is 0 Å². The van der Waals surface area contributed by atoms with E-state index < -0.39 is 6.03 Å². The molecule has 0 saturated heterocycles. The molecule has 1 N–H and O–H groups in total. The van der Waals surface area contributed by atoms with E-state index in [1.54, 1.807) is 13.0 Å². The van der Waals surface area contributed by atoms with Gasteiger partial charge in [-0.2, -0.15) is 4.99 Å². The first kappa shape index (κ1) is 12.4. The smallest absolute Gasteiger partial charge is 0.332 e. The molecule has 1 aliphatic rings. The minimum atomic E-state index is -0.398. The summed E-state index contributed by atoms with van der Waals surface area (Å²) >= 11 is 0. The lowest BCUT2D eigenvalue weighted by Crippen LogP contribution is -2.39. The molecule has 0 atom stereocenters. The summed E-state index contributed by atoms with van der Waals surface area (Å²) < 4.78 is 0. The zero-order chi connectivity index (χ0) is 12.3. The molecule has 86 valence electrons. The molecule has 4 heteroatoms. The van der Waals surface area contributed by atoms with Crippen LogP contribution in [0.1, 0.15) is 27.7 Å². The van der Waals surface area contributed by atoms with Gasteiger partial charge in [-0.1, -0.05) is 0 Å². The SMILES string of the molecule is CC1=CC(=NC(=O)NC(C)(C)C)C=CC1=O. The van der Waals surface area contributed by atoms with E-state index >= 15 is 0 Å². The number of carbonyl (C=O) groups excluding carboxylic acids is 2. The molecule has 0 heterocycles. The largest absolute Gasteiger partial charge is 0.341 e. The van der Waals surface area contributed by atoms with Crippen molar-refractivity contribution in [2.24, 2.45) is 4.99 Å². The third kappa shape index (κ3) is 3.81. The lowest BCUT2D eigenvalue weighted by atomic mass is 10.1. The molecule has 0 radical (unpaired) electrons. The van der Waals surface area contributed by atoms with Crippen LogP contribution in [0.5, 0.6) is 0 Å². The average Bonchev–Trinajstić information content (AvgIpc) is 2.08. The van der Waals surface area contributed by atoms with Crippen molar-refractivity contribution >= 4 is 17.5 Å². The Labute approximate surface area is 95.1 Å². The van der Waals surface area contributed by atoms with E-state index in [-0.39, 0.29) is 11.3 Å². The van der Waals surface area contributed by atoms with Gasteiger partial charge >= 0.3 is 6.03 Å². The molecule has 2 amide bonds. The molecule has 0 spiro atoms. The van der Waals surface area contributed by atoms with Gasteiger partial charge in [0.2, 0.25) is 0 Å². The van der Waals surface area contributed by atoms with Crippen molar-refractivity contribution < 1.29 is 9.59 Å². The molecular formula is C12H16N2O2.